The van der Waals surface area contributed by atoms with Crippen LogP contribution in [0.4, 0.5) is 5.82 Å². The molecule has 3 aromatic rings. The van der Waals surface area contributed by atoms with E-state index >= 15 is 0 Å². The molecule has 0 amide bonds. The molecule has 118 valence electrons. The summed E-state index contributed by atoms with van der Waals surface area (Å²) in [6, 6.07) is 8.81. The Morgan fingerprint density at radius 2 is 1.91 bits per heavy atom. The molecule has 2 aromatic heterocycles. The zero-order chi connectivity index (χ0) is 15.8. The number of nitrogens with zero attached hydrogens (tertiary/aromatic N) is 4. The van der Waals surface area contributed by atoms with Crippen LogP contribution in [0.3, 0.4) is 0 Å². The van der Waals surface area contributed by atoms with Crippen LogP contribution in [-0.4, -0.2) is 26.1 Å². The number of aryl methyl sites for hydroxylation is 1. The molecule has 1 aliphatic rings. The number of anilines is 1. The molecule has 0 aliphatic heterocycles. The average Bonchev–Trinajstić information content (AvgIpc) is 3.16. The zero-order valence-electron chi connectivity index (χ0n) is 13.6. The lowest BCUT2D eigenvalue weighted by molar-refractivity contribution is 0.529. The maximum absolute atomic E-state index is 4.46. The van der Waals surface area contributed by atoms with Gasteiger partial charge in [-0.25, -0.2) is 4.98 Å². The lowest BCUT2D eigenvalue weighted by atomic mass is 10.0. The fourth-order valence-electron chi connectivity index (χ4n) is 3.49. The van der Waals surface area contributed by atoms with Crippen molar-refractivity contribution >= 4 is 11.6 Å². The van der Waals surface area contributed by atoms with Crippen LogP contribution in [0, 0.1) is 19.8 Å². The van der Waals surface area contributed by atoms with E-state index in [-0.39, 0.29) is 0 Å². The minimum atomic E-state index is 0.656. The van der Waals surface area contributed by atoms with Gasteiger partial charge >= 0.3 is 0 Å². The average molecular weight is 307 g/mol. The molecule has 1 N–H and O–H groups in total. The first kappa shape index (κ1) is 14.2. The van der Waals surface area contributed by atoms with Gasteiger partial charge in [-0.3, -0.25) is 0 Å². The van der Waals surface area contributed by atoms with E-state index < -0.39 is 0 Å². The van der Waals surface area contributed by atoms with Gasteiger partial charge in [0.2, 0.25) is 0 Å². The Morgan fingerprint density at radius 1 is 1.17 bits per heavy atom. The van der Waals surface area contributed by atoms with Crippen molar-refractivity contribution in [2.45, 2.75) is 33.1 Å². The van der Waals surface area contributed by atoms with Crippen molar-refractivity contribution in [3.05, 3.63) is 53.0 Å². The number of fused-ring (bicyclic) bond motifs is 2. The first-order chi connectivity index (χ1) is 11.2. The molecule has 0 saturated carbocycles. The van der Waals surface area contributed by atoms with E-state index in [1.165, 1.54) is 24.0 Å². The number of aromatic nitrogens is 4. The van der Waals surface area contributed by atoms with Crippen LogP contribution in [0.25, 0.3) is 5.78 Å². The van der Waals surface area contributed by atoms with Crippen LogP contribution >= 0.6 is 0 Å². The van der Waals surface area contributed by atoms with Gasteiger partial charge in [-0.1, -0.05) is 24.3 Å². The van der Waals surface area contributed by atoms with Gasteiger partial charge in [0.05, 0.1) is 0 Å². The molecule has 4 rings (SSSR count). The summed E-state index contributed by atoms with van der Waals surface area (Å²) >= 11 is 0. The van der Waals surface area contributed by atoms with Crippen LogP contribution in [0.2, 0.25) is 0 Å². The molecule has 0 unspecified atom stereocenters. The Balaban J connectivity index is 1.45. The predicted octanol–water partition coefficient (Wildman–Crippen LogP) is 2.96. The van der Waals surface area contributed by atoms with Crippen LogP contribution in [0.5, 0.6) is 0 Å². The topological polar surface area (TPSA) is 55.1 Å². The van der Waals surface area contributed by atoms with Gasteiger partial charge in [0.25, 0.3) is 5.78 Å². The molecule has 0 fully saturated rings. The van der Waals surface area contributed by atoms with Crippen molar-refractivity contribution in [1.29, 1.82) is 0 Å². The summed E-state index contributed by atoms with van der Waals surface area (Å²) in [4.78, 5) is 8.65. The summed E-state index contributed by atoms with van der Waals surface area (Å²) in [5, 5.41) is 7.84. The normalized spacial score (nSPS) is 14.3. The van der Waals surface area contributed by atoms with Crippen LogP contribution in [0.1, 0.15) is 28.8 Å². The number of benzene rings is 1. The first-order valence-corrected chi connectivity index (χ1v) is 8.20. The second kappa shape index (κ2) is 5.65. The van der Waals surface area contributed by atoms with Gasteiger partial charge < -0.3 is 5.32 Å². The number of rotatable bonds is 4. The van der Waals surface area contributed by atoms with Crippen LogP contribution in [0.15, 0.2) is 30.6 Å². The quantitative estimate of drug-likeness (QED) is 0.805. The highest BCUT2D eigenvalue weighted by Gasteiger charge is 2.20. The monoisotopic (exact) mass is 307 g/mol. The SMILES string of the molecule is Cc1nc2ncnn2c(NCCC2Cc3ccccc3C2)c1C. The van der Waals surface area contributed by atoms with Gasteiger partial charge in [0, 0.05) is 17.8 Å². The fourth-order valence-corrected chi connectivity index (χ4v) is 3.49. The molecule has 0 bridgehead atoms. The summed E-state index contributed by atoms with van der Waals surface area (Å²) in [6.07, 6.45) is 5.11. The van der Waals surface area contributed by atoms with E-state index in [1.54, 1.807) is 10.8 Å². The summed E-state index contributed by atoms with van der Waals surface area (Å²) in [5.41, 5.74) is 5.18. The Bertz CT molecular complexity index is 827. The molecule has 0 atom stereocenters. The highest BCUT2D eigenvalue weighted by molar-refractivity contribution is 5.51. The van der Waals surface area contributed by atoms with Crippen molar-refractivity contribution in [3.63, 3.8) is 0 Å². The van der Waals surface area contributed by atoms with Crippen molar-refractivity contribution in [2.24, 2.45) is 5.92 Å². The fraction of sp³-hybridized carbons (Fsp3) is 0.389. The molecule has 0 spiro atoms. The predicted molar refractivity (Wildman–Crippen MR) is 90.7 cm³/mol. The zero-order valence-corrected chi connectivity index (χ0v) is 13.6. The van der Waals surface area contributed by atoms with E-state index in [0.29, 0.717) is 5.78 Å². The highest BCUT2D eigenvalue weighted by atomic mass is 15.4. The Kier molecular flexibility index (Phi) is 3.48. The third-order valence-corrected chi connectivity index (χ3v) is 4.89. The minimum Gasteiger partial charge on any atom is -0.370 e. The van der Waals surface area contributed by atoms with Gasteiger partial charge in [-0.2, -0.15) is 14.6 Å². The molecule has 1 aliphatic carbocycles. The van der Waals surface area contributed by atoms with E-state index in [1.807, 2.05) is 6.92 Å². The van der Waals surface area contributed by atoms with Crippen molar-refractivity contribution in [3.8, 4) is 0 Å². The lowest BCUT2D eigenvalue weighted by Gasteiger charge is -2.14. The van der Waals surface area contributed by atoms with Gasteiger partial charge in [-0.05, 0) is 50.2 Å². The third kappa shape index (κ3) is 2.56. The maximum Gasteiger partial charge on any atom is 0.254 e. The second-order valence-electron chi connectivity index (χ2n) is 6.40. The Labute approximate surface area is 135 Å². The largest absolute Gasteiger partial charge is 0.370 e. The lowest BCUT2D eigenvalue weighted by Crippen LogP contribution is -2.14. The van der Waals surface area contributed by atoms with Gasteiger partial charge in [0.15, 0.2) is 0 Å². The van der Waals surface area contributed by atoms with Crippen LogP contribution < -0.4 is 5.32 Å². The van der Waals surface area contributed by atoms with E-state index in [9.17, 15) is 0 Å². The summed E-state index contributed by atoms with van der Waals surface area (Å²) in [7, 11) is 0. The molecular weight excluding hydrogens is 286 g/mol. The number of hydrogen-bond acceptors (Lipinski definition) is 4. The Morgan fingerprint density at radius 3 is 2.65 bits per heavy atom. The number of hydrogen-bond donors (Lipinski definition) is 1. The molecule has 0 saturated heterocycles. The molecule has 1 aromatic carbocycles. The van der Waals surface area contributed by atoms with Crippen LogP contribution in [-0.2, 0) is 12.8 Å². The molecule has 5 nitrogen and oxygen atoms in total. The molecular formula is C18H21N5. The third-order valence-electron chi connectivity index (χ3n) is 4.89. The Hall–Kier alpha value is -2.43. The summed E-state index contributed by atoms with van der Waals surface area (Å²) < 4.78 is 1.80. The van der Waals surface area contributed by atoms with Crippen molar-refractivity contribution < 1.29 is 0 Å². The van der Waals surface area contributed by atoms with Crippen molar-refractivity contribution in [2.75, 3.05) is 11.9 Å². The minimum absolute atomic E-state index is 0.656. The molecule has 0 radical (unpaired) electrons. The van der Waals surface area contributed by atoms with Crippen molar-refractivity contribution in [1.82, 2.24) is 19.6 Å². The van der Waals surface area contributed by atoms with E-state index in [0.717, 1.165) is 36.0 Å². The number of nitrogens with one attached hydrogen (secondary N) is 1. The van der Waals surface area contributed by atoms with Gasteiger partial charge in [0.1, 0.15) is 12.1 Å². The summed E-state index contributed by atoms with van der Waals surface area (Å²) in [5.74, 6) is 2.40. The molecule has 5 heteroatoms. The van der Waals surface area contributed by atoms with Gasteiger partial charge in [-0.15, -0.1) is 0 Å². The standard InChI is InChI=1S/C18H21N5/c1-12-13(2)22-18-20-11-21-23(18)17(12)19-8-7-14-9-15-5-3-4-6-16(15)10-14/h3-6,11,14,19H,7-10H2,1-2H3. The van der Waals surface area contributed by atoms with E-state index in [2.05, 4.69) is 51.6 Å². The second-order valence-corrected chi connectivity index (χ2v) is 6.40. The van der Waals surface area contributed by atoms with E-state index in [4.69, 9.17) is 0 Å². The smallest absolute Gasteiger partial charge is 0.254 e. The summed E-state index contributed by atoms with van der Waals surface area (Å²) in [6.45, 7) is 5.04. The maximum atomic E-state index is 4.46. The first-order valence-electron chi connectivity index (χ1n) is 8.20. The highest BCUT2D eigenvalue weighted by Crippen LogP contribution is 2.28. The molecule has 2 heterocycles. The molecule has 23 heavy (non-hydrogen) atoms.